The summed E-state index contributed by atoms with van der Waals surface area (Å²) in [6, 6.07) is 8.27. The van der Waals surface area contributed by atoms with Crippen molar-refractivity contribution in [1.82, 2.24) is 5.32 Å². The lowest BCUT2D eigenvalue weighted by molar-refractivity contribution is -0.431. The highest BCUT2D eigenvalue weighted by molar-refractivity contribution is 5.91. The van der Waals surface area contributed by atoms with E-state index in [4.69, 9.17) is 0 Å². The first kappa shape index (κ1) is 15.3. The number of aliphatic carboxylic acids is 1. The molecule has 0 aliphatic carbocycles. The van der Waals surface area contributed by atoms with Crippen LogP contribution in [0.4, 0.5) is 0 Å². The van der Waals surface area contributed by atoms with Gasteiger partial charge in [-0.3, -0.25) is 10.1 Å². The van der Waals surface area contributed by atoms with Crippen molar-refractivity contribution in [3.63, 3.8) is 0 Å². The first-order valence-electron chi connectivity index (χ1n) is 6.43. The van der Waals surface area contributed by atoms with Crippen molar-refractivity contribution in [1.29, 1.82) is 5.26 Å². The Balaban J connectivity index is 2.79. The number of nitrogens with one attached hydrogen (secondary N) is 1. The lowest BCUT2D eigenvalue weighted by atomic mass is 9.82. The molecule has 1 aliphatic rings. The van der Waals surface area contributed by atoms with Gasteiger partial charge >= 0.3 is 5.97 Å². The zero-order valence-electron chi connectivity index (χ0n) is 12.0. The Morgan fingerprint density at radius 1 is 1.36 bits per heavy atom. The van der Waals surface area contributed by atoms with Crippen LogP contribution in [0, 0.1) is 21.4 Å². The number of carbonyl (C=O) groups is 1. The number of carboxylic acids is 1. The molecule has 7 nitrogen and oxygen atoms in total. The van der Waals surface area contributed by atoms with Gasteiger partial charge in [-0.05, 0) is 25.5 Å². The van der Waals surface area contributed by atoms with Crippen LogP contribution < -0.4 is 5.32 Å². The normalized spacial score (nSPS) is 17.8. The third-order valence-corrected chi connectivity index (χ3v) is 3.54. The van der Waals surface area contributed by atoms with Crippen molar-refractivity contribution in [3.05, 3.63) is 68.2 Å². The van der Waals surface area contributed by atoms with E-state index in [9.17, 15) is 25.3 Å². The maximum Gasteiger partial charge on any atom is 0.334 e. The fourth-order valence-electron chi connectivity index (χ4n) is 2.66. The van der Waals surface area contributed by atoms with Crippen molar-refractivity contribution >= 4 is 5.97 Å². The molecular formula is C15H13N3O4. The van der Waals surface area contributed by atoms with Gasteiger partial charge in [0.05, 0.1) is 27.8 Å². The number of nitrogens with zero attached hydrogens (tertiary/aromatic N) is 2. The summed E-state index contributed by atoms with van der Waals surface area (Å²) in [5.74, 6) is -2.35. The minimum atomic E-state index is -1.26. The molecule has 0 aromatic heterocycles. The maximum absolute atomic E-state index is 11.6. The number of hydrogen-bond donors (Lipinski definition) is 2. The summed E-state index contributed by atoms with van der Waals surface area (Å²) < 4.78 is 0. The monoisotopic (exact) mass is 299 g/mol. The maximum atomic E-state index is 11.6. The minimum absolute atomic E-state index is 0.125. The van der Waals surface area contributed by atoms with Crippen LogP contribution in [0.1, 0.15) is 30.9 Å². The lowest BCUT2D eigenvalue weighted by Crippen LogP contribution is -2.31. The average Bonchev–Trinajstić information content (AvgIpc) is 2.45. The van der Waals surface area contributed by atoms with Crippen molar-refractivity contribution < 1.29 is 14.8 Å². The first-order chi connectivity index (χ1) is 10.4. The SMILES string of the molecule is CC1=C(C(=O)O)C(c2ccccc2C#N)C([N+](=O)[O-])=C(C)N1. The van der Waals surface area contributed by atoms with E-state index in [0.717, 1.165) is 0 Å². The predicted molar refractivity (Wildman–Crippen MR) is 77.1 cm³/mol. The van der Waals surface area contributed by atoms with E-state index in [1.807, 2.05) is 6.07 Å². The molecule has 0 radical (unpaired) electrons. The molecule has 7 heteroatoms. The number of hydrogen-bond acceptors (Lipinski definition) is 5. The second kappa shape index (κ2) is 5.69. The highest BCUT2D eigenvalue weighted by Crippen LogP contribution is 2.39. The van der Waals surface area contributed by atoms with E-state index >= 15 is 0 Å². The number of benzene rings is 1. The van der Waals surface area contributed by atoms with E-state index in [2.05, 4.69) is 5.32 Å². The zero-order chi connectivity index (χ0) is 16.4. The molecule has 0 saturated carbocycles. The summed E-state index contributed by atoms with van der Waals surface area (Å²) in [7, 11) is 0. The van der Waals surface area contributed by atoms with Gasteiger partial charge in [-0.1, -0.05) is 18.2 Å². The second-order valence-corrected chi connectivity index (χ2v) is 4.87. The Hall–Kier alpha value is -3.14. The standard InChI is InChI=1S/C15H13N3O4/c1-8-12(15(19)20)13(14(18(21)22)9(2)17-8)11-6-4-3-5-10(11)7-16/h3-6,13,17H,1-2H3,(H,19,20). The van der Waals surface area contributed by atoms with Crippen LogP contribution in [0.5, 0.6) is 0 Å². The Kier molecular flexibility index (Phi) is 3.95. The summed E-state index contributed by atoms with van der Waals surface area (Å²) in [6.45, 7) is 3.06. The van der Waals surface area contributed by atoms with Gasteiger partial charge in [0.2, 0.25) is 0 Å². The van der Waals surface area contributed by atoms with Crippen LogP contribution >= 0.6 is 0 Å². The Labute approximate surface area is 126 Å². The lowest BCUT2D eigenvalue weighted by Gasteiger charge is -2.25. The average molecular weight is 299 g/mol. The van der Waals surface area contributed by atoms with E-state index in [0.29, 0.717) is 11.3 Å². The molecule has 1 atom stereocenters. The molecule has 1 aromatic rings. The van der Waals surface area contributed by atoms with Crippen LogP contribution in [0.15, 0.2) is 46.9 Å². The fourth-order valence-corrected chi connectivity index (χ4v) is 2.66. The number of dihydropyridines is 1. The molecule has 0 fully saturated rings. The largest absolute Gasteiger partial charge is 0.478 e. The summed E-state index contributed by atoms with van der Waals surface area (Å²) in [4.78, 5) is 22.4. The molecule has 22 heavy (non-hydrogen) atoms. The summed E-state index contributed by atoms with van der Waals surface area (Å²) in [6.07, 6.45) is 0. The van der Waals surface area contributed by atoms with Gasteiger partial charge in [0.15, 0.2) is 0 Å². The molecule has 2 N–H and O–H groups in total. The van der Waals surface area contributed by atoms with Crippen molar-refractivity contribution in [3.8, 4) is 6.07 Å². The van der Waals surface area contributed by atoms with Crippen LogP contribution in [0.25, 0.3) is 0 Å². The fraction of sp³-hybridized carbons (Fsp3) is 0.200. The van der Waals surface area contributed by atoms with Crippen molar-refractivity contribution in [2.75, 3.05) is 0 Å². The van der Waals surface area contributed by atoms with Gasteiger partial charge < -0.3 is 10.4 Å². The zero-order valence-corrected chi connectivity index (χ0v) is 12.0. The molecule has 112 valence electrons. The molecule has 1 heterocycles. The van der Waals surface area contributed by atoms with Crippen LogP contribution in [0.2, 0.25) is 0 Å². The van der Waals surface area contributed by atoms with Gasteiger partial charge in [0, 0.05) is 5.70 Å². The Morgan fingerprint density at radius 2 is 2.00 bits per heavy atom. The van der Waals surface area contributed by atoms with Gasteiger partial charge in [0.25, 0.3) is 5.70 Å². The van der Waals surface area contributed by atoms with Crippen molar-refractivity contribution in [2.24, 2.45) is 0 Å². The number of rotatable bonds is 3. The van der Waals surface area contributed by atoms with E-state index < -0.39 is 16.8 Å². The smallest absolute Gasteiger partial charge is 0.334 e. The summed E-state index contributed by atoms with van der Waals surface area (Å²) in [5, 5.41) is 32.8. The topological polar surface area (TPSA) is 116 Å². The highest BCUT2D eigenvalue weighted by atomic mass is 16.6. The van der Waals surface area contributed by atoms with Gasteiger partial charge in [-0.15, -0.1) is 0 Å². The number of allylic oxidation sites excluding steroid dienone is 3. The molecule has 0 spiro atoms. The number of nitro groups is 1. The van der Waals surface area contributed by atoms with Crippen molar-refractivity contribution in [2.45, 2.75) is 19.8 Å². The van der Waals surface area contributed by atoms with Gasteiger partial charge in [0.1, 0.15) is 5.92 Å². The number of carboxylic acid groups (broad SMARTS) is 1. The molecule has 0 bridgehead atoms. The molecule has 0 saturated heterocycles. The molecule has 1 aliphatic heterocycles. The predicted octanol–water partition coefficient (Wildman–Crippen LogP) is 2.11. The number of nitriles is 1. The van der Waals surface area contributed by atoms with Crippen LogP contribution in [-0.4, -0.2) is 16.0 Å². The second-order valence-electron chi connectivity index (χ2n) is 4.87. The summed E-state index contributed by atoms with van der Waals surface area (Å²) in [5.41, 5.74) is 0.742. The van der Waals surface area contributed by atoms with Crippen LogP contribution in [0.3, 0.4) is 0 Å². The third-order valence-electron chi connectivity index (χ3n) is 3.54. The highest BCUT2D eigenvalue weighted by Gasteiger charge is 2.41. The molecule has 2 rings (SSSR count). The minimum Gasteiger partial charge on any atom is -0.478 e. The van der Waals surface area contributed by atoms with E-state index in [-0.39, 0.29) is 22.5 Å². The molecular weight excluding hydrogens is 286 g/mol. The third kappa shape index (κ3) is 2.42. The van der Waals surface area contributed by atoms with E-state index in [1.54, 1.807) is 25.1 Å². The molecule has 0 amide bonds. The van der Waals surface area contributed by atoms with Gasteiger partial charge in [-0.25, -0.2) is 4.79 Å². The molecule has 1 aromatic carbocycles. The van der Waals surface area contributed by atoms with Crippen LogP contribution in [-0.2, 0) is 4.79 Å². The Bertz CT molecular complexity index is 735. The quantitative estimate of drug-likeness (QED) is 0.652. The van der Waals surface area contributed by atoms with Gasteiger partial charge in [-0.2, -0.15) is 5.26 Å². The van der Waals surface area contributed by atoms with E-state index in [1.165, 1.54) is 13.0 Å². The molecule has 1 unspecified atom stereocenters. The Morgan fingerprint density at radius 3 is 2.55 bits per heavy atom. The summed E-state index contributed by atoms with van der Waals surface area (Å²) >= 11 is 0. The first-order valence-corrected chi connectivity index (χ1v) is 6.43.